The Morgan fingerprint density at radius 2 is 2.10 bits per heavy atom. The van der Waals surface area contributed by atoms with E-state index in [9.17, 15) is 5.11 Å². The summed E-state index contributed by atoms with van der Waals surface area (Å²) >= 11 is 0. The monoisotopic (exact) mass is 298 g/mol. The van der Waals surface area contributed by atoms with Crippen LogP contribution >= 0.6 is 0 Å². The van der Waals surface area contributed by atoms with Gasteiger partial charge in [-0.3, -0.25) is 4.90 Å². The van der Waals surface area contributed by atoms with Gasteiger partial charge in [-0.05, 0) is 45.1 Å². The average Bonchev–Trinajstić information content (AvgIpc) is 2.45. The zero-order valence-electron chi connectivity index (χ0n) is 14.1. The molecule has 0 aromatic rings. The van der Waals surface area contributed by atoms with Gasteiger partial charge in [0.15, 0.2) is 0 Å². The van der Waals surface area contributed by atoms with Crippen molar-refractivity contribution in [2.24, 2.45) is 17.6 Å². The predicted molar refractivity (Wildman–Crippen MR) is 86.2 cm³/mol. The number of nitrogens with zero attached hydrogens (tertiary/aromatic N) is 1. The number of aliphatic hydroxyl groups is 1. The number of hydrogen-bond acceptors (Lipinski definition) is 4. The van der Waals surface area contributed by atoms with Gasteiger partial charge in [0.2, 0.25) is 0 Å². The standard InChI is InChI=1S/C17H34N2O2/c1-4-5-13-6-7-14(9-18)16(8-13)19-10-15(11-20)21-17(2,3)12-19/h13-16,20H,4-12,18H2,1-3H3. The first-order valence-corrected chi connectivity index (χ1v) is 8.71. The second-order valence-electron chi connectivity index (χ2n) is 7.64. The highest BCUT2D eigenvalue weighted by atomic mass is 16.5. The lowest BCUT2D eigenvalue weighted by Crippen LogP contribution is -2.59. The first kappa shape index (κ1) is 17.2. The molecule has 4 unspecified atom stereocenters. The molecular formula is C17H34N2O2. The third-order valence-corrected chi connectivity index (χ3v) is 5.24. The molecule has 0 spiro atoms. The van der Waals surface area contributed by atoms with Crippen LogP contribution in [0.15, 0.2) is 0 Å². The van der Waals surface area contributed by atoms with E-state index in [1.807, 2.05) is 0 Å². The van der Waals surface area contributed by atoms with Crippen molar-refractivity contribution in [3.05, 3.63) is 0 Å². The maximum atomic E-state index is 9.52. The van der Waals surface area contributed by atoms with Gasteiger partial charge < -0.3 is 15.6 Å². The van der Waals surface area contributed by atoms with E-state index in [2.05, 4.69) is 25.7 Å². The van der Waals surface area contributed by atoms with Crippen LogP contribution in [0.4, 0.5) is 0 Å². The van der Waals surface area contributed by atoms with Crippen LogP contribution in [0.25, 0.3) is 0 Å². The van der Waals surface area contributed by atoms with E-state index in [1.54, 1.807) is 0 Å². The molecule has 4 heteroatoms. The first-order chi connectivity index (χ1) is 9.99. The van der Waals surface area contributed by atoms with E-state index in [1.165, 1.54) is 32.1 Å². The zero-order valence-corrected chi connectivity index (χ0v) is 14.1. The van der Waals surface area contributed by atoms with Crippen LogP contribution < -0.4 is 5.73 Å². The van der Waals surface area contributed by atoms with E-state index < -0.39 is 0 Å². The molecule has 3 N–H and O–H groups in total. The van der Waals surface area contributed by atoms with Gasteiger partial charge in [0.25, 0.3) is 0 Å². The third-order valence-electron chi connectivity index (χ3n) is 5.24. The second kappa shape index (κ2) is 7.40. The van der Waals surface area contributed by atoms with Gasteiger partial charge in [-0.1, -0.05) is 26.2 Å². The molecule has 4 nitrogen and oxygen atoms in total. The SMILES string of the molecule is CCCC1CCC(CN)C(N2CC(CO)OC(C)(C)C2)C1. The minimum Gasteiger partial charge on any atom is -0.394 e. The molecule has 1 saturated carbocycles. The Morgan fingerprint density at radius 1 is 1.33 bits per heavy atom. The number of morpholine rings is 1. The van der Waals surface area contributed by atoms with Crippen molar-refractivity contribution in [2.75, 3.05) is 26.2 Å². The van der Waals surface area contributed by atoms with Crippen molar-refractivity contribution in [3.8, 4) is 0 Å². The van der Waals surface area contributed by atoms with Gasteiger partial charge in [-0.25, -0.2) is 0 Å². The summed E-state index contributed by atoms with van der Waals surface area (Å²) in [4.78, 5) is 2.56. The smallest absolute Gasteiger partial charge is 0.0940 e. The summed E-state index contributed by atoms with van der Waals surface area (Å²) in [6.45, 7) is 9.23. The van der Waals surface area contributed by atoms with Crippen LogP contribution in [0.1, 0.15) is 52.9 Å². The van der Waals surface area contributed by atoms with Crippen LogP contribution in [0.3, 0.4) is 0 Å². The summed E-state index contributed by atoms with van der Waals surface area (Å²) < 4.78 is 5.96. The normalized spacial score (nSPS) is 37.6. The van der Waals surface area contributed by atoms with Crippen LogP contribution in [-0.2, 0) is 4.74 Å². The Balaban J connectivity index is 2.07. The molecule has 0 bridgehead atoms. The second-order valence-corrected chi connectivity index (χ2v) is 7.64. The largest absolute Gasteiger partial charge is 0.394 e. The molecule has 0 amide bonds. The molecule has 1 aliphatic carbocycles. The molecule has 4 atom stereocenters. The lowest BCUT2D eigenvalue weighted by molar-refractivity contribution is -0.164. The zero-order chi connectivity index (χ0) is 15.5. The van der Waals surface area contributed by atoms with Crippen molar-refractivity contribution in [3.63, 3.8) is 0 Å². The number of nitrogens with two attached hydrogens (primary N) is 1. The quantitative estimate of drug-likeness (QED) is 0.815. The van der Waals surface area contributed by atoms with E-state index in [4.69, 9.17) is 10.5 Å². The van der Waals surface area contributed by atoms with Gasteiger partial charge >= 0.3 is 0 Å². The summed E-state index contributed by atoms with van der Waals surface area (Å²) in [7, 11) is 0. The molecular weight excluding hydrogens is 264 g/mol. The van der Waals surface area contributed by atoms with Gasteiger partial charge in [0, 0.05) is 19.1 Å². The molecule has 2 fully saturated rings. The number of hydrogen-bond donors (Lipinski definition) is 2. The summed E-state index contributed by atoms with van der Waals surface area (Å²) in [5.41, 5.74) is 5.87. The van der Waals surface area contributed by atoms with Crippen molar-refractivity contribution < 1.29 is 9.84 Å². The Morgan fingerprint density at radius 3 is 2.71 bits per heavy atom. The van der Waals surface area contributed by atoms with Crippen molar-refractivity contribution in [2.45, 2.75) is 70.6 Å². The topological polar surface area (TPSA) is 58.7 Å². The lowest BCUT2D eigenvalue weighted by Gasteiger charge is -2.49. The molecule has 124 valence electrons. The number of rotatable bonds is 5. The third kappa shape index (κ3) is 4.41. The molecule has 0 aromatic carbocycles. The van der Waals surface area contributed by atoms with Crippen LogP contribution in [-0.4, -0.2) is 54.0 Å². The van der Waals surface area contributed by atoms with E-state index in [0.29, 0.717) is 12.0 Å². The minimum absolute atomic E-state index is 0.0567. The highest BCUT2D eigenvalue weighted by Gasteiger charge is 2.40. The molecule has 0 radical (unpaired) electrons. The fourth-order valence-electron chi connectivity index (χ4n) is 4.38. The van der Waals surface area contributed by atoms with Crippen molar-refractivity contribution in [1.82, 2.24) is 4.90 Å². The molecule has 0 aromatic heterocycles. The van der Waals surface area contributed by atoms with Crippen molar-refractivity contribution >= 4 is 0 Å². The Kier molecular flexibility index (Phi) is 6.06. The molecule has 1 aliphatic heterocycles. The van der Waals surface area contributed by atoms with Gasteiger partial charge in [-0.15, -0.1) is 0 Å². The summed E-state index contributed by atoms with van der Waals surface area (Å²) in [6, 6.07) is 0.567. The van der Waals surface area contributed by atoms with E-state index in [-0.39, 0.29) is 18.3 Å². The maximum Gasteiger partial charge on any atom is 0.0940 e. The first-order valence-electron chi connectivity index (χ1n) is 8.71. The van der Waals surface area contributed by atoms with Crippen LogP contribution in [0.2, 0.25) is 0 Å². The molecule has 2 aliphatic rings. The van der Waals surface area contributed by atoms with Gasteiger partial charge in [0.1, 0.15) is 0 Å². The Bertz CT molecular complexity index is 322. The lowest BCUT2D eigenvalue weighted by atomic mass is 9.75. The maximum absolute atomic E-state index is 9.52. The predicted octanol–water partition coefficient (Wildman–Crippen LogP) is 2.00. The molecule has 21 heavy (non-hydrogen) atoms. The van der Waals surface area contributed by atoms with Crippen LogP contribution in [0, 0.1) is 11.8 Å². The number of ether oxygens (including phenoxy) is 1. The van der Waals surface area contributed by atoms with Gasteiger partial charge in [0.05, 0.1) is 18.3 Å². The minimum atomic E-state index is -0.178. The summed E-state index contributed by atoms with van der Waals surface area (Å²) in [5.74, 6) is 1.45. The molecule has 1 heterocycles. The summed E-state index contributed by atoms with van der Waals surface area (Å²) in [5, 5.41) is 9.52. The van der Waals surface area contributed by atoms with Gasteiger partial charge in [-0.2, -0.15) is 0 Å². The Hall–Kier alpha value is -0.160. The van der Waals surface area contributed by atoms with E-state index >= 15 is 0 Å². The number of aliphatic hydroxyl groups excluding tert-OH is 1. The Labute approximate surface area is 130 Å². The van der Waals surface area contributed by atoms with Crippen LogP contribution in [0.5, 0.6) is 0 Å². The summed E-state index contributed by atoms with van der Waals surface area (Å²) in [6.07, 6.45) is 6.42. The van der Waals surface area contributed by atoms with E-state index in [0.717, 1.165) is 25.6 Å². The molecule has 1 saturated heterocycles. The molecule has 2 rings (SSSR count). The average molecular weight is 298 g/mol. The fraction of sp³-hybridized carbons (Fsp3) is 1.00. The highest BCUT2D eigenvalue weighted by molar-refractivity contribution is 4.93. The van der Waals surface area contributed by atoms with Crippen molar-refractivity contribution in [1.29, 1.82) is 0 Å². The fourth-order valence-corrected chi connectivity index (χ4v) is 4.38. The highest BCUT2D eigenvalue weighted by Crippen LogP contribution is 2.36.